The molecule has 1 amide bonds. The van der Waals surface area contributed by atoms with Gasteiger partial charge in [-0.3, -0.25) is 9.52 Å². The van der Waals surface area contributed by atoms with E-state index in [0.29, 0.717) is 41.6 Å². The van der Waals surface area contributed by atoms with E-state index in [2.05, 4.69) is 4.72 Å². The van der Waals surface area contributed by atoms with Gasteiger partial charge in [0.1, 0.15) is 5.75 Å². The number of benzene rings is 3. The van der Waals surface area contributed by atoms with Crippen molar-refractivity contribution >= 4 is 38.9 Å². The smallest absolute Gasteiger partial charge is 0.261 e. The first-order valence-electron chi connectivity index (χ1n) is 10.3. The van der Waals surface area contributed by atoms with Gasteiger partial charge in [0.25, 0.3) is 15.9 Å². The van der Waals surface area contributed by atoms with Gasteiger partial charge in [-0.05, 0) is 86.0 Å². The van der Waals surface area contributed by atoms with Crippen molar-refractivity contribution in [1.29, 1.82) is 0 Å². The predicted molar refractivity (Wildman–Crippen MR) is 126 cm³/mol. The molecule has 32 heavy (non-hydrogen) atoms. The Morgan fingerprint density at radius 3 is 2.59 bits per heavy atom. The van der Waals surface area contributed by atoms with Gasteiger partial charge in [-0.25, -0.2) is 8.42 Å². The molecule has 166 valence electrons. The van der Waals surface area contributed by atoms with Crippen LogP contribution >= 0.6 is 11.6 Å². The molecule has 6 nitrogen and oxygen atoms in total. The lowest BCUT2D eigenvalue weighted by Gasteiger charge is -2.30. The van der Waals surface area contributed by atoms with Gasteiger partial charge in [0.05, 0.1) is 11.5 Å². The van der Waals surface area contributed by atoms with Gasteiger partial charge in [0, 0.05) is 28.5 Å². The van der Waals surface area contributed by atoms with Crippen LogP contribution in [0.15, 0.2) is 71.6 Å². The third-order valence-corrected chi connectivity index (χ3v) is 6.83. The van der Waals surface area contributed by atoms with Gasteiger partial charge >= 0.3 is 0 Å². The Labute approximate surface area is 192 Å². The fourth-order valence-electron chi connectivity index (χ4n) is 3.73. The molecule has 8 heteroatoms. The lowest BCUT2D eigenvalue weighted by atomic mass is 10.0. The number of hydrogen-bond acceptors (Lipinski definition) is 4. The Hall–Kier alpha value is -3.03. The van der Waals surface area contributed by atoms with Crippen molar-refractivity contribution in [2.75, 3.05) is 22.8 Å². The maximum atomic E-state index is 13.0. The summed E-state index contributed by atoms with van der Waals surface area (Å²) in [5.74, 6) is 0.519. The van der Waals surface area contributed by atoms with Gasteiger partial charge in [-0.1, -0.05) is 17.7 Å². The number of sulfonamides is 1. The maximum Gasteiger partial charge on any atom is 0.261 e. The summed E-state index contributed by atoms with van der Waals surface area (Å²) in [6.45, 7) is 2.99. The van der Waals surface area contributed by atoms with Crippen LogP contribution in [0.4, 0.5) is 11.4 Å². The molecular formula is C24H23ClN2O4S. The van der Waals surface area contributed by atoms with Crippen LogP contribution in [0.25, 0.3) is 0 Å². The largest absolute Gasteiger partial charge is 0.494 e. The molecule has 1 N–H and O–H groups in total. The van der Waals surface area contributed by atoms with Crippen LogP contribution in [-0.4, -0.2) is 27.5 Å². The van der Waals surface area contributed by atoms with E-state index in [9.17, 15) is 13.2 Å². The van der Waals surface area contributed by atoms with E-state index in [-0.39, 0.29) is 10.8 Å². The predicted octanol–water partition coefficient (Wildman–Crippen LogP) is 5.13. The zero-order valence-corrected chi connectivity index (χ0v) is 19.1. The third kappa shape index (κ3) is 4.74. The average molecular weight is 471 g/mol. The molecule has 1 aliphatic heterocycles. The number of hydrogen-bond donors (Lipinski definition) is 1. The van der Waals surface area contributed by atoms with Crippen molar-refractivity contribution in [2.45, 2.75) is 24.7 Å². The maximum absolute atomic E-state index is 13.0. The number of carbonyl (C=O) groups is 1. The van der Waals surface area contributed by atoms with Crippen LogP contribution in [-0.2, 0) is 16.4 Å². The molecule has 0 unspecified atom stereocenters. The molecule has 1 heterocycles. The number of aryl methyl sites for hydroxylation is 1. The zero-order valence-electron chi connectivity index (χ0n) is 17.5. The monoisotopic (exact) mass is 470 g/mol. The summed E-state index contributed by atoms with van der Waals surface area (Å²) in [7, 11) is -3.78. The fourth-order valence-corrected chi connectivity index (χ4v) is 5.03. The lowest BCUT2D eigenvalue weighted by Crippen LogP contribution is -2.35. The van der Waals surface area contributed by atoms with Gasteiger partial charge in [-0.2, -0.15) is 0 Å². The van der Waals surface area contributed by atoms with Crippen molar-refractivity contribution < 1.29 is 17.9 Å². The summed E-state index contributed by atoms with van der Waals surface area (Å²) >= 11 is 6.04. The SMILES string of the molecule is CCOc1ccc(NS(=O)(=O)c2ccc3c(c2)CCCN3C(=O)c2cccc(Cl)c2)cc1. The number of anilines is 2. The van der Waals surface area contributed by atoms with E-state index in [4.69, 9.17) is 16.3 Å². The highest BCUT2D eigenvalue weighted by Gasteiger charge is 2.26. The minimum atomic E-state index is -3.78. The Bertz CT molecular complexity index is 1240. The molecular weight excluding hydrogens is 448 g/mol. The standard InChI is InChI=1S/C24H23ClN2O4S/c1-2-31-21-10-8-20(9-11-21)26-32(29,30)22-12-13-23-17(16-22)6-4-14-27(23)24(28)18-5-3-7-19(25)15-18/h3,5,7-13,15-16,26H,2,4,6,14H2,1H3. The van der Waals surface area contributed by atoms with Crippen molar-refractivity contribution in [3.05, 3.63) is 82.9 Å². The first-order chi connectivity index (χ1) is 15.4. The number of nitrogens with zero attached hydrogens (tertiary/aromatic N) is 1. The van der Waals surface area contributed by atoms with E-state index in [1.807, 2.05) is 6.92 Å². The topological polar surface area (TPSA) is 75.7 Å². The molecule has 4 rings (SSSR count). The molecule has 0 atom stereocenters. The molecule has 0 fully saturated rings. The molecule has 0 aromatic heterocycles. The highest BCUT2D eigenvalue weighted by atomic mass is 35.5. The van der Waals surface area contributed by atoms with Crippen LogP contribution in [0.1, 0.15) is 29.3 Å². The minimum absolute atomic E-state index is 0.155. The Balaban J connectivity index is 1.58. The van der Waals surface area contributed by atoms with Gasteiger partial charge < -0.3 is 9.64 Å². The summed E-state index contributed by atoms with van der Waals surface area (Å²) in [5.41, 5.74) is 2.49. The van der Waals surface area contributed by atoms with Crippen LogP contribution in [0.2, 0.25) is 5.02 Å². The van der Waals surface area contributed by atoms with Crippen LogP contribution in [0.5, 0.6) is 5.75 Å². The molecule has 0 bridgehead atoms. The van der Waals surface area contributed by atoms with Gasteiger partial charge in [0.15, 0.2) is 0 Å². The molecule has 0 saturated carbocycles. The molecule has 0 aliphatic carbocycles. The third-order valence-electron chi connectivity index (χ3n) is 5.21. The number of rotatable bonds is 6. The zero-order chi connectivity index (χ0) is 22.7. The Morgan fingerprint density at radius 2 is 1.88 bits per heavy atom. The van der Waals surface area contributed by atoms with Crippen LogP contribution in [0.3, 0.4) is 0 Å². The summed E-state index contributed by atoms with van der Waals surface area (Å²) in [5, 5.41) is 0.495. The fraction of sp³-hybridized carbons (Fsp3) is 0.208. The summed E-state index contributed by atoms with van der Waals surface area (Å²) in [6, 6.07) is 18.4. The number of carbonyl (C=O) groups excluding carboxylic acids is 1. The first kappa shape index (κ1) is 22.2. The summed E-state index contributed by atoms with van der Waals surface area (Å²) < 4.78 is 33.9. The quantitative estimate of drug-likeness (QED) is 0.541. The van der Waals surface area contributed by atoms with E-state index < -0.39 is 10.0 Å². The van der Waals surface area contributed by atoms with E-state index in [0.717, 1.165) is 17.7 Å². The molecule has 0 radical (unpaired) electrons. The summed E-state index contributed by atoms with van der Waals surface area (Å²) in [4.78, 5) is 14.9. The Kier molecular flexibility index (Phi) is 6.39. The van der Waals surface area contributed by atoms with E-state index >= 15 is 0 Å². The number of fused-ring (bicyclic) bond motifs is 1. The second-order valence-electron chi connectivity index (χ2n) is 7.42. The van der Waals surface area contributed by atoms with E-state index in [1.165, 1.54) is 6.07 Å². The number of amides is 1. The molecule has 0 saturated heterocycles. The Morgan fingerprint density at radius 1 is 1.09 bits per heavy atom. The number of nitrogens with one attached hydrogen (secondary N) is 1. The lowest BCUT2D eigenvalue weighted by molar-refractivity contribution is 0.0985. The highest BCUT2D eigenvalue weighted by Crippen LogP contribution is 2.31. The second kappa shape index (κ2) is 9.22. The molecule has 0 spiro atoms. The van der Waals surface area contributed by atoms with Crippen LogP contribution < -0.4 is 14.4 Å². The molecule has 3 aromatic rings. The van der Waals surface area contributed by atoms with Crippen LogP contribution in [0, 0.1) is 0 Å². The van der Waals surface area contributed by atoms with Crippen molar-refractivity contribution in [1.82, 2.24) is 0 Å². The van der Waals surface area contributed by atoms with Crippen molar-refractivity contribution in [3.8, 4) is 5.75 Å². The van der Waals surface area contributed by atoms with Crippen molar-refractivity contribution in [3.63, 3.8) is 0 Å². The second-order valence-corrected chi connectivity index (χ2v) is 9.54. The molecule has 1 aliphatic rings. The van der Waals surface area contributed by atoms with Crippen molar-refractivity contribution in [2.24, 2.45) is 0 Å². The number of ether oxygens (including phenoxy) is 1. The molecule has 3 aromatic carbocycles. The van der Waals surface area contributed by atoms with Gasteiger partial charge in [-0.15, -0.1) is 0 Å². The normalized spacial score (nSPS) is 13.4. The van der Waals surface area contributed by atoms with Gasteiger partial charge in [0.2, 0.25) is 0 Å². The number of halogens is 1. The average Bonchev–Trinajstić information content (AvgIpc) is 2.79. The summed E-state index contributed by atoms with van der Waals surface area (Å²) in [6.07, 6.45) is 1.44. The van der Waals surface area contributed by atoms with E-state index in [1.54, 1.807) is 65.6 Å². The minimum Gasteiger partial charge on any atom is -0.494 e. The first-order valence-corrected chi connectivity index (χ1v) is 12.2. The highest BCUT2D eigenvalue weighted by molar-refractivity contribution is 7.92.